The van der Waals surface area contributed by atoms with Gasteiger partial charge >= 0.3 is 0 Å². The van der Waals surface area contributed by atoms with Gasteiger partial charge in [-0.15, -0.1) is 0 Å². The van der Waals surface area contributed by atoms with Crippen molar-refractivity contribution in [3.8, 4) is 11.5 Å². The van der Waals surface area contributed by atoms with Gasteiger partial charge < -0.3 is 19.7 Å². The molecule has 34 heavy (non-hydrogen) atoms. The van der Waals surface area contributed by atoms with Crippen LogP contribution in [0.2, 0.25) is 5.02 Å². The number of carbonyl (C=O) groups excluding carboxylic acids is 2. The van der Waals surface area contributed by atoms with Crippen LogP contribution in [-0.4, -0.2) is 30.4 Å². The minimum absolute atomic E-state index is 0.0843. The fraction of sp³-hybridized carbons (Fsp3) is 0.259. The number of hydrogen-bond donors (Lipinski definition) is 1. The van der Waals surface area contributed by atoms with Crippen LogP contribution in [0.1, 0.15) is 46.4 Å². The summed E-state index contributed by atoms with van der Waals surface area (Å²) in [4.78, 5) is 28.0. The molecule has 3 aromatic rings. The van der Waals surface area contributed by atoms with Crippen molar-refractivity contribution in [3.63, 3.8) is 0 Å². The van der Waals surface area contributed by atoms with E-state index in [1.54, 1.807) is 24.1 Å². The quantitative estimate of drug-likeness (QED) is 0.461. The first-order chi connectivity index (χ1) is 16.5. The molecule has 1 heterocycles. The van der Waals surface area contributed by atoms with Crippen molar-refractivity contribution < 1.29 is 19.1 Å². The van der Waals surface area contributed by atoms with Crippen LogP contribution >= 0.6 is 11.6 Å². The van der Waals surface area contributed by atoms with Gasteiger partial charge in [-0.3, -0.25) is 9.59 Å². The molecule has 7 heteroatoms. The minimum Gasteiger partial charge on any atom is -0.493 e. The van der Waals surface area contributed by atoms with Gasteiger partial charge in [0.25, 0.3) is 5.91 Å². The Morgan fingerprint density at radius 2 is 1.85 bits per heavy atom. The lowest BCUT2D eigenvalue weighted by molar-refractivity contribution is -0.122. The van der Waals surface area contributed by atoms with E-state index >= 15 is 0 Å². The van der Waals surface area contributed by atoms with Gasteiger partial charge in [-0.1, -0.05) is 48.0 Å². The van der Waals surface area contributed by atoms with Crippen molar-refractivity contribution in [1.82, 2.24) is 10.2 Å². The molecule has 176 valence electrons. The predicted octanol–water partition coefficient (Wildman–Crippen LogP) is 5.15. The summed E-state index contributed by atoms with van der Waals surface area (Å²) in [7, 11) is 1.58. The summed E-state index contributed by atoms with van der Waals surface area (Å²) >= 11 is 5.95. The zero-order valence-electron chi connectivity index (χ0n) is 19.2. The number of nitrogens with one attached hydrogen (secondary N) is 1. The van der Waals surface area contributed by atoms with Crippen molar-refractivity contribution in [2.45, 2.75) is 32.5 Å². The molecule has 0 bridgehead atoms. The van der Waals surface area contributed by atoms with Crippen molar-refractivity contribution >= 4 is 23.4 Å². The Morgan fingerprint density at radius 3 is 2.56 bits per heavy atom. The molecular formula is C27H27ClN2O4. The first-order valence-corrected chi connectivity index (χ1v) is 11.6. The van der Waals surface area contributed by atoms with Gasteiger partial charge in [-0.25, -0.2) is 0 Å². The normalized spacial score (nSPS) is 13.4. The van der Waals surface area contributed by atoms with Gasteiger partial charge in [-0.05, 0) is 53.9 Å². The zero-order chi connectivity index (χ0) is 24.1. The first kappa shape index (κ1) is 23.6. The van der Waals surface area contributed by atoms with E-state index in [0.717, 1.165) is 16.7 Å². The monoisotopic (exact) mass is 478 g/mol. The number of methoxy groups -OCH3 is 1. The summed E-state index contributed by atoms with van der Waals surface area (Å²) in [6.07, 6.45) is 0.116. The Hall–Kier alpha value is -3.51. The zero-order valence-corrected chi connectivity index (χ0v) is 20.0. The van der Waals surface area contributed by atoms with Gasteiger partial charge in [-0.2, -0.15) is 0 Å². The molecule has 6 nitrogen and oxygen atoms in total. The Labute approximate surface area is 204 Å². The van der Waals surface area contributed by atoms with E-state index in [9.17, 15) is 9.59 Å². The van der Waals surface area contributed by atoms with Crippen LogP contribution in [-0.2, 0) is 17.9 Å². The van der Waals surface area contributed by atoms with Crippen LogP contribution in [0.25, 0.3) is 0 Å². The highest BCUT2D eigenvalue weighted by Crippen LogP contribution is 2.37. The molecule has 0 saturated heterocycles. The smallest absolute Gasteiger partial charge is 0.255 e. The van der Waals surface area contributed by atoms with Crippen LogP contribution in [0.5, 0.6) is 11.5 Å². The number of amides is 2. The minimum atomic E-state index is -0.463. The summed E-state index contributed by atoms with van der Waals surface area (Å²) < 4.78 is 11.2. The standard InChI is InChI=1S/C27H27ClN2O4/c1-3-34-24-13-10-19(14-25(24)33-2)23(30-17-20-6-4-5-7-22(20)27(30)32)15-26(31)29-16-18-8-11-21(28)12-9-18/h4-14,23H,3,15-17H2,1-2H3,(H,29,31)/t23-/m1/s1. The van der Waals surface area contributed by atoms with Crippen LogP contribution < -0.4 is 14.8 Å². The first-order valence-electron chi connectivity index (χ1n) is 11.2. The number of fused-ring (bicyclic) bond motifs is 1. The molecule has 1 N–H and O–H groups in total. The number of halogens is 1. The van der Waals surface area contributed by atoms with E-state index in [1.807, 2.05) is 61.5 Å². The maximum absolute atomic E-state index is 13.3. The van der Waals surface area contributed by atoms with E-state index in [0.29, 0.717) is 41.8 Å². The third-order valence-corrected chi connectivity index (χ3v) is 6.13. The number of nitrogens with zero attached hydrogens (tertiary/aromatic N) is 1. The maximum atomic E-state index is 13.3. The summed E-state index contributed by atoms with van der Waals surface area (Å²) in [6.45, 7) is 3.23. The van der Waals surface area contributed by atoms with Crippen molar-refractivity contribution in [2.75, 3.05) is 13.7 Å². The summed E-state index contributed by atoms with van der Waals surface area (Å²) in [5, 5.41) is 3.61. The molecule has 0 aliphatic carbocycles. The third-order valence-electron chi connectivity index (χ3n) is 5.88. The molecule has 0 radical (unpaired) electrons. The molecule has 0 fully saturated rings. The number of carbonyl (C=O) groups is 2. The van der Waals surface area contributed by atoms with Crippen molar-refractivity contribution in [2.24, 2.45) is 0 Å². The molecular weight excluding hydrogens is 452 g/mol. The molecule has 1 aliphatic heterocycles. The van der Waals surface area contributed by atoms with Crippen LogP contribution in [0.4, 0.5) is 0 Å². The van der Waals surface area contributed by atoms with E-state index in [-0.39, 0.29) is 18.2 Å². The molecule has 1 atom stereocenters. The average Bonchev–Trinajstić information content (AvgIpc) is 3.19. The van der Waals surface area contributed by atoms with Crippen LogP contribution in [0, 0.1) is 0 Å². The van der Waals surface area contributed by atoms with E-state index in [2.05, 4.69) is 5.32 Å². The second kappa shape index (κ2) is 10.6. The number of rotatable bonds is 9. The molecule has 0 unspecified atom stereocenters. The maximum Gasteiger partial charge on any atom is 0.255 e. The lowest BCUT2D eigenvalue weighted by Crippen LogP contribution is -2.34. The van der Waals surface area contributed by atoms with Gasteiger partial charge in [0.05, 0.1) is 26.2 Å². The fourth-order valence-corrected chi connectivity index (χ4v) is 4.28. The van der Waals surface area contributed by atoms with E-state index in [1.165, 1.54) is 0 Å². The highest BCUT2D eigenvalue weighted by Gasteiger charge is 2.34. The highest BCUT2D eigenvalue weighted by atomic mass is 35.5. The van der Waals surface area contributed by atoms with Gasteiger partial charge in [0.1, 0.15) is 0 Å². The molecule has 4 rings (SSSR count). The molecule has 1 aliphatic rings. The van der Waals surface area contributed by atoms with Crippen LogP contribution in [0.3, 0.4) is 0 Å². The van der Waals surface area contributed by atoms with Crippen LogP contribution in [0.15, 0.2) is 66.7 Å². The number of benzene rings is 3. The largest absolute Gasteiger partial charge is 0.493 e. The summed E-state index contributed by atoms with van der Waals surface area (Å²) in [6, 6.07) is 20.0. The van der Waals surface area contributed by atoms with Gasteiger partial charge in [0, 0.05) is 23.7 Å². The summed E-state index contributed by atoms with van der Waals surface area (Å²) in [5.41, 5.74) is 3.38. The Morgan fingerprint density at radius 1 is 1.09 bits per heavy atom. The molecule has 3 aromatic carbocycles. The molecule has 0 spiro atoms. The van der Waals surface area contributed by atoms with Gasteiger partial charge in [0.2, 0.25) is 5.91 Å². The Balaban J connectivity index is 1.59. The third kappa shape index (κ3) is 5.18. The van der Waals surface area contributed by atoms with Crippen molar-refractivity contribution in [3.05, 3.63) is 94.0 Å². The van der Waals surface area contributed by atoms with E-state index in [4.69, 9.17) is 21.1 Å². The molecule has 2 amide bonds. The topological polar surface area (TPSA) is 67.9 Å². The second-order valence-corrected chi connectivity index (χ2v) is 8.49. The van der Waals surface area contributed by atoms with Gasteiger partial charge in [0.15, 0.2) is 11.5 Å². The average molecular weight is 479 g/mol. The number of hydrogen-bond acceptors (Lipinski definition) is 4. The highest BCUT2D eigenvalue weighted by molar-refractivity contribution is 6.30. The fourth-order valence-electron chi connectivity index (χ4n) is 4.15. The van der Waals surface area contributed by atoms with E-state index < -0.39 is 6.04 Å². The Bertz CT molecular complexity index is 1180. The molecule has 0 aromatic heterocycles. The summed E-state index contributed by atoms with van der Waals surface area (Å²) in [5.74, 6) is 0.946. The SMILES string of the molecule is CCOc1ccc([C@@H](CC(=O)NCc2ccc(Cl)cc2)N2Cc3ccccc3C2=O)cc1OC. The lowest BCUT2D eigenvalue weighted by Gasteiger charge is -2.28. The number of ether oxygens (including phenoxy) is 2. The Kier molecular flexibility index (Phi) is 7.38. The van der Waals surface area contributed by atoms with Crippen molar-refractivity contribution in [1.29, 1.82) is 0 Å². The molecule has 0 saturated carbocycles. The predicted molar refractivity (Wildman–Crippen MR) is 131 cm³/mol. The second-order valence-electron chi connectivity index (χ2n) is 8.06. The lowest BCUT2D eigenvalue weighted by atomic mass is 10.0.